The molecule has 0 aliphatic carbocycles. The monoisotopic (exact) mass is 267 g/mol. The molecule has 0 fully saturated rings. The van der Waals surface area contributed by atoms with E-state index in [1.54, 1.807) is 37.5 Å². The molecule has 0 aliphatic heterocycles. The molecular formula is C16H17N3O. The third-order valence-electron chi connectivity index (χ3n) is 2.94. The molecule has 2 aromatic rings. The molecule has 2 aromatic carbocycles. The van der Waals surface area contributed by atoms with Gasteiger partial charge in [-0.25, -0.2) is 0 Å². The highest BCUT2D eigenvalue weighted by atomic mass is 16.5. The van der Waals surface area contributed by atoms with E-state index in [1.807, 2.05) is 24.3 Å². The second-order valence-corrected chi connectivity index (χ2v) is 4.34. The predicted molar refractivity (Wildman–Crippen MR) is 82.8 cm³/mol. The molecular weight excluding hydrogens is 250 g/mol. The van der Waals surface area contributed by atoms with Crippen molar-refractivity contribution in [2.45, 2.75) is 0 Å². The summed E-state index contributed by atoms with van der Waals surface area (Å²) in [5.74, 6) is 0.686. The van der Waals surface area contributed by atoms with E-state index in [0.717, 1.165) is 11.1 Å². The minimum absolute atomic E-state index is 0.327. The first kappa shape index (κ1) is 13.7. The normalized spacial score (nSPS) is 11.2. The van der Waals surface area contributed by atoms with Crippen LogP contribution in [-0.4, -0.2) is 12.8 Å². The smallest absolute Gasteiger partial charge is 0.128 e. The minimum Gasteiger partial charge on any atom is -0.496 e. The Morgan fingerprint density at radius 2 is 1.75 bits per heavy atom. The number of ether oxygens (including phenoxy) is 1. The molecule has 0 amide bonds. The number of anilines is 1. The van der Waals surface area contributed by atoms with Gasteiger partial charge in [-0.05, 0) is 35.9 Å². The fraction of sp³-hybridized carbons (Fsp3) is 0.0625. The molecule has 4 heteroatoms. The topological polar surface area (TPSA) is 85.1 Å². The van der Waals surface area contributed by atoms with Gasteiger partial charge in [0.05, 0.1) is 12.8 Å². The Labute approximate surface area is 118 Å². The number of nitrogens with one attached hydrogen (secondary N) is 1. The maximum atomic E-state index is 8.07. The van der Waals surface area contributed by atoms with Crippen molar-refractivity contribution in [1.29, 1.82) is 5.41 Å². The molecule has 5 N–H and O–H groups in total. The summed E-state index contributed by atoms with van der Waals surface area (Å²) in [6.07, 6.45) is 1.61. The van der Waals surface area contributed by atoms with Gasteiger partial charge in [-0.2, -0.15) is 0 Å². The number of methoxy groups -OCH3 is 1. The van der Waals surface area contributed by atoms with Crippen LogP contribution in [0.15, 0.2) is 54.6 Å². The predicted octanol–water partition coefficient (Wildman–Crippen LogP) is 2.65. The lowest BCUT2D eigenvalue weighted by Gasteiger charge is -2.08. The lowest BCUT2D eigenvalue weighted by Crippen LogP contribution is -2.04. The van der Waals surface area contributed by atoms with E-state index in [9.17, 15) is 0 Å². The Balaban J connectivity index is 2.30. The van der Waals surface area contributed by atoms with Gasteiger partial charge < -0.3 is 21.6 Å². The van der Waals surface area contributed by atoms with Crippen LogP contribution in [0, 0.1) is 5.41 Å². The molecule has 2 rings (SSSR count). The zero-order valence-corrected chi connectivity index (χ0v) is 11.3. The van der Waals surface area contributed by atoms with Crippen molar-refractivity contribution in [3.8, 4) is 5.75 Å². The van der Waals surface area contributed by atoms with Crippen molar-refractivity contribution in [2.75, 3.05) is 12.8 Å². The molecule has 0 aliphatic rings. The number of nitrogens with two attached hydrogens (primary N) is 2. The molecule has 0 spiro atoms. The van der Waals surface area contributed by atoms with E-state index < -0.39 is 0 Å². The van der Waals surface area contributed by atoms with Crippen molar-refractivity contribution in [1.82, 2.24) is 0 Å². The quantitative estimate of drug-likeness (QED) is 0.588. The number of nitrogen functional groups attached to an aromatic ring is 1. The van der Waals surface area contributed by atoms with E-state index >= 15 is 0 Å². The van der Waals surface area contributed by atoms with Crippen LogP contribution >= 0.6 is 0 Å². The summed E-state index contributed by atoms with van der Waals surface area (Å²) in [4.78, 5) is 0. The van der Waals surface area contributed by atoms with Gasteiger partial charge in [0.15, 0.2) is 0 Å². The number of rotatable bonds is 4. The maximum Gasteiger partial charge on any atom is 0.128 e. The fourth-order valence-corrected chi connectivity index (χ4v) is 1.86. The first-order chi connectivity index (χ1) is 9.61. The van der Waals surface area contributed by atoms with Crippen LogP contribution in [-0.2, 0) is 0 Å². The van der Waals surface area contributed by atoms with Crippen molar-refractivity contribution >= 4 is 17.1 Å². The van der Waals surface area contributed by atoms with Crippen LogP contribution in [0.3, 0.4) is 0 Å². The third-order valence-corrected chi connectivity index (χ3v) is 2.94. The van der Waals surface area contributed by atoms with Gasteiger partial charge in [-0.15, -0.1) is 0 Å². The summed E-state index contributed by atoms with van der Waals surface area (Å²) in [5.41, 5.74) is 14.7. The summed E-state index contributed by atoms with van der Waals surface area (Å²) in [6.45, 7) is 0. The van der Waals surface area contributed by atoms with Crippen LogP contribution in [0.25, 0.3) is 5.70 Å². The largest absolute Gasteiger partial charge is 0.496 e. The zero-order valence-electron chi connectivity index (χ0n) is 11.3. The summed E-state index contributed by atoms with van der Waals surface area (Å²) in [6, 6.07) is 14.6. The lowest BCUT2D eigenvalue weighted by atomic mass is 10.1. The standard InChI is InChI=1S/C16H17N3O/c1-20-16-5-3-2-4-13(16)15(19)10-14(18)11-6-8-12(17)9-7-11/h2-10,18H,17,19H2,1H3/b15-10-,18-14?. The van der Waals surface area contributed by atoms with Crippen molar-refractivity contribution < 1.29 is 4.74 Å². The molecule has 0 atom stereocenters. The van der Waals surface area contributed by atoms with Crippen molar-refractivity contribution in [3.63, 3.8) is 0 Å². The van der Waals surface area contributed by atoms with Gasteiger partial charge in [0.25, 0.3) is 0 Å². The van der Waals surface area contributed by atoms with E-state index in [4.69, 9.17) is 21.6 Å². The molecule has 0 radical (unpaired) electrons. The minimum atomic E-state index is 0.327. The Kier molecular flexibility index (Phi) is 4.05. The van der Waals surface area contributed by atoms with Gasteiger partial charge in [0.1, 0.15) is 5.75 Å². The number of hydrogen-bond acceptors (Lipinski definition) is 4. The Hall–Kier alpha value is -2.75. The first-order valence-corrected chi connectivity index (χ1v) is 6.17. The van der Waals surface area contributed by atoms with Crippen molar-refractivity contribution in [3.05, 3.63) is 65.7 Å². The van der Waals surface area contributed by atoms with Crippen molar-refractivity contribution in [2.24, 2.45) is 5.73 Å². The summed E-state index contributed by atoms with van der Waals surface area (Å²) in [7, 11) is 1.59. The van der Waals surface area contributed by atoms with Crippen LogP contribution < -0.4 is 16.2 Å². The van der Waals surface area contributed by atoms with Gasteiger partial charge in [0.2, 0.25) is 0 Å². The zero-order chi connectivity index (χ0) is 14.5. The summed E-state index contributed by atoms with van der Waals surface area (Å²) in [5, 5.41) is 8.07. The maximum absolute atomic E-state index is 8.07. The van der Waals surface area contributed by atoms with E-state index in [-0.39, 0.29) is 0 Å². The highest BCUT2D eigenvalue weighted by molar-refractivity contribution is 6.10. The highest BCUT2D eigenvalue weighted by Crippen LogP contribution is 2.22. The van der Waals surface area contributed by atoms with E-state index in [2.05, 4.69) is 0 Å². The lowest BCUT2D eigenvalue weighted by molar-refractivity contribution is 0.413. The van der Waals surface area contributed by atoms with E-state index in [1.165, 1.54) is 0 Å². The molecule has 0 saturated heterocycles. The molecule has 0 unspecified atom stereocenters. The number of hydrogen-bond donors (Lipinski definition) is 3. The van der Waals surface area contributed by atoms with Gasteiger partial charge in [-0.1, -0.05) is 24.3 Å². The molecule has 0 bridgehead atoms. The van der Waals surface area contributed by atoms with E-state index in [0.29, 0.717) is 22.8 Å². The second-order valence-electron chi connectivity index (χ2n) is 4.34. The molecule has 0 aromatic heterocycles. The highest BCUT2D eigenvalue weighted by Gasteiger charge is 2.06. The molecule has 102 valence electrons. The Bertz CT molecular complexity index is 645. The fourth-order valence-electron chi connectivity index (χ4n) is 1.86. The van der Waals surface area contributed by atoms with Gasteiger partial charge in [-0.3, -0.25) is 0 Å². The summed E-state index contributed by atoms with van der Waals surface area (Å²) >= 11 is 0. The van der Waals surface area contributed by atoms with Gasteiger partial charge >= 0.3 is 0 Å². The molecule has 0 saturated carbocycles. The van der Waals surface area contributed by atoms with Crippen LogP contribution in [0.4, 0.5) is 5.69 Å². The molecule has 0 heterocycles. The number of allylic oxidation sites excluding steroid dienone is 1. The Morgan fingerprint density at radius 1 is 1.10 bits per heavy atom. The number of para-hydroxylation sites is 1. The van der Waals surface area contributed by atoms with Crippen LogP contribution in [0.2, 0.25) is 0 Å². The molecule has 20 heavy (non-hydrogen) atoms. The average Bonchev–Trinajstić information content (AvgIpc) is 2.47. The summed E-state index contributed by atoms with van der Waals surface area (Å²) < 4.78 is 5.26. The second kappa shape index (κ2) is 5.93. The first-order valence-electron chi connectivity index (χ1n) is 6.17. The Morgan fingerprint density at radius 3 is 2.40 bits per heavy atom. The van der Waals surface area contributed by atoms with Crippen LogP contribution in [0.1, 0.15) is 11.1 Å². The molecule has 4 nitrogen and oxygen atoms in total. The van der Waals surface area contributed by atoms with Gasteiger partial charge in [0, 0.05) is 16.9 Å². The number of benzene rings is 2. The van der Waals surface area contributed by atoms with Crippen LogP contribution in [0.5, 0.6) is 5.75 Å². The SMILES string of the molecule is COc1ccccc1/C(N)=C/C(=N)c1ccc(N)cc1. The average molecular weight is 267 g/mol. The third kappa shape index (κ3) is 2.98.